The summed E-state index contributed by atoms with van der Waals surface area (Å²) in [4.78, 5) is 20.7. The van der Waals surface area contributed by atoms with Crippen LogP contribution in [0.5, 0.6) is 0 Å². The quantitative estimate of drug-likeness (QED) is 0.409. The van der Waals surface area contributed by atoms with E-state index in [9.17, 15) is 9.59 Å². The number of halogens is 2. The first-order valence-electron chi connectivity index (χ1n) is 1.86. The molecule has 0 saturated heterocycles. The zero-order chi connectivity index (χ0) is 7.65. The zero-order valence-corrected chi connectivity index (χ0v) is 7.97. The van der Waals surface area contributed by atoms with Crippen molar-refractivity contribution in [2.75, 3.05) is 0 Å². The van der Waals surface area contributed by atoms with Crippen LogP contribution in [0.2, 0.25) is 0 Å². The molecule has 0 fully saturated rings. The van der Waals surface area contributed by atoms with E-state index in [4.69, 9.17) is 11.5 Å². The Bertz CT molecular complexity index is 142. The third kappa shape index (κ3) is 2.09. The lowest BCUT2D eigenvalue weighted by Crippen LogP contribution is -2.43. The van der Waals surface area contributed by atoms with Gasteiger partial charge in [-0.25, -0.2) is 0 Å². The first-order chi connectivity index (χ1) is 3.89. The Hall–Kier alpha value is 0.150. The normalized spacial score (nSPS) is 10.9. The molecule has 0 heterocycles. The van der Waals surface area contributed by atoms with Gasteiger partial charge in [0.1, 0.15) is 0 Å². The van der Waals surface area contributed by atoms with Crippen LogP contribution in [0, 0.1) is 0 Å². The SMILES string of the molecule is NC(=O)C(Br)(I)C(N)=O. The largest absolute Gasteiger partial charge is 0.367 e. The fourth-order valence-corrected chi connectivity index (χ4v) is 0.121. The highest BCUT2D eigenvalue weighted by Gasteiger charge is 2.36. The van der Waals surface area contributed by atoms with Crippen molar-refractivity contribution in [3.05, 3.63) is 0 Å². The van der Waals surface area contributed by atoms with Gasteiger partial charge in [-0.05, 0) is 22.6 Å². The molecule has 0 aromatic heterocycles. The van der Waals surface area contributed by atoms with Crippen molar-refractivity contribution in [1.29, 1.82) is 0 Å². The minimum Gasteiger partial charge on any atom is -0.367 e. The molecule has 0 spiro atoms. The predicted octanol–water partition coefficient (Wildman–Crippen LogP) is -0.517. The van der Waals surface area contributed by atoms with Crippen molar-refractivity contribution in [2.24, 2.45) is 11.5 Å². The van der Waals surface area contributed by atoms with E-state index < -0.39 is 14.1 Å². The fourth-order valence-electron chi connectivity index (χ4n) is 0.121. The monoisotopic (exact) mass is 306 g/mol. The number of hydrogen-bond acceptors (Lipinski definition) is 2. The van der Waals surface area contributed by atoms with Crippen molar-refractivity contribution in [1.82, 2.24) is 0 Å². The summed E-state index contributed by atoms with van der Waals surface area (Å²) >= 11 is 4.27. The van der Waals surface area contributed by atoms with E-state index in [-0.39, 0.29) is 0 Å². The highest BCUT2D eigenvalue weighted by Crippen LogP contribution is 2.25. The first-order valence-corrected chi connectivity index (χ1v) is 3.74. The molecule has 4 nitrogen and oxygen atoms in total. The van der Waals surface area contributed by atoms with Crippen LogP contribution in [-0.4, -0.2) is 14.1 Å². The standard InChI is InChI=1S/C3H4BrIN2O2/c4-3(5,1(6)8)2(7)9/h(H2,6,8)(H2,7,9). The van der Waals surface area contributed by atoms with E-state index in [0.717, 1.165) is 0 Å². The average molecular weight is 307 g/mol. The molecule has 0 bridgehead atoms. The molecule has 0 unspecified atom stereocenters. The molecule has 4 N–H and O–H groups in total. The van der Waals surface area contributed by atoms with E-state index in [1.807, 2.05) is 0 Å². The first kappa shape index (κ1) is 9.15. The van der Waals surface area contributed by atoms with E-state index >= 15 is 0 Å². The lowest BCUT2D eigenvalue weighted by Gasteiger charge is -2.09. The van der Waals surface area contributed by atoms with Gasteiger partial charge in [0.2, 0.25) is 2.33 Å². The second-order valence-electron chi connectivity index (χ2n) is 1.30. The molecule has 52 valence electrons. The van der Waals surface area contributed by atoms with Gasteiger partial charge in [0.25, 0.3) is 11.8 Å². The van der Waals surface area contributed by atoms with Crippen molar-refractivity contribution in [2.45, 2.75) is 2.33 Å². The van der Waals surface area contributed by atoms with Crippen molar-refractivity contribution in [3.8, 4) is 0 Å². The molecule has 0 aliphatic rings. The molecular formula is C3H4BrIN2O2. The summed E-state index contributed by atoms with van der Waals surface area (Å²) in [5, 5.41) is 0. The van der Waals surface area contributed by atoms with E-state index in [1.54, 1.807) is 0 Å². The third-order valence-corrected chi connectivity index (χ3v) is 2.46. The summed E-state index contributed by atoms with van der Waals surface area (Å²) in [6.45, 7) is 0. The van der Waals surface area contributed by atoms with Gasteiger partial charge < -0.3 is 11.5 Å². The van der Waals surface area contributed by atoms with Crippen molar-refractivity contribution in [3.63, 3.8) is 0 Å². The van der Waals surface area contributed by atoms with Gasteiger partial charge in [-0.3, -0.25) is 9.59 Å². The molecule has 2 amide bonds. The second kappa shape index (κ2) is 2.82. The van der Waals surface area contributed by atoms with Gasteiger partial charge in [0, 0.05) is 0 Å². The molecule has 0 aromatic rings. The number of carbonyl (C=O) groups excluding carboxylic acids is 2. The Labute approximate surface area is 73.6 Å². The predicted molar refractivity (Wildman–Crippen MR) is 44.1 cm³/mol. The molecule has 6 heteroatoms. The topological polar surface area (TPSA) is 86.2 Å². The smallest absolute Gasteiger partial charge is 0.254 e. The molecule has 0 rings (SSSR count). The average Bonchev–Trinajstić information content (AvgIpc) is 1.65. The van der Waals surface area contributed by atoms with Crippen LogP contribution in [0.4, 0.5) is 0 Å². The zero-order valence-electron chi connectivity index (χ0n) is 4.23. The van der Waals surface area contributed by atoms with Crippen LogP contribution in [-0.2, 0) is 9.59 Å². The minimum atomic E-state index is -1.44. The fraction of sp³-hybridized carbons (Fsp3) is 0.333. The van der Waals surface area contributed by atoms with Crippen LogP contribution < -0.4 is 11.5 Å². The molecule has 0 saturated carbocycles. The number of carbonyl (C=O) groups is 2. The number of amides is 2. The summed E-state index contributed by atoms with van der Waals surface area (Å²) in [5.41, 5.74) is 9.55. The summed E-state index contributed by atoms with van der Waals surface area (Å²) in [6, 6.07) is 0. The lowest BCUT2D eigenvalue weighted by molar-refractivity contribution is -0.125. The van der Waals surface area contributed by atoms with Crippen LogP contribution in [0.3, 0.4) is 0 Å². The van der Waals surface area contributed by atoms with Crippen molar-refractivity contribution >= 4 is 50.3 Å². The Morgan fingerprint density at radius 3 is 1.56 bits per heavy atom. The van der Waals surface area contributed by atoms with Crippen molar-refractivity contribution < 1.29 is 9.59 Å². The minimum absolute atomic E-state index is 0.796. The lowest BCUT2D eigenvalue weighted by atomic mass is 10.4. The number of nitrogens with two attached hydrogens (primary N) is 2. The van der Waals surface area contributed by atoms with E-state index in [0.29, 0.717) is 0 Å². The number of primary amides is 2. The molecule has 0 atom stereocenters. The van der Waals surface area contributed by atoms with Crippen LogP contribution in [0.15, 0.2) is 0 Å². The van der Waals surface area contributed by atoms with Gasteiger partial charge in [0.15, 0.2) is 0 Å². The van der Waals surface area contributed by atoms with Gasteiger partial charge in [0.05, 0.1) is 0 Å². The third-order valence-electron chi connectivity index (χ3n) is 0.619. The number of alkyl halides is 2. The highest BCUT2D eigenvalue weighted by atomic mass is 127. The van der Waals surface area contributed by atoms with Crippen LogP contribution in [0.1, 0.15) is 0 Å². The maximum Gasteiger partial charge on any atom is 0.254 e. The van der Waals surface area contributed by atoms with Gasteiger partial charge >= 0.3 is 0 Å². The highest BCUT2D eigenvalue weighted by molar-refractivity contribution is 14.1. The summed E-state index contributed by atoms with van der Waals surface area (Å²) in [6.07, 6.45) is 0. The molecule has 0 radical (unpaired) electrons. The van der Waals surface area contributed by atoms with E-state index in [2.05, 4.69) is 15.9 Å². The molecule has 0 aliphatic heterocycles. The molecule has 0 aromatic carbocycles. The van der Waals surface area contributed by atoms with Gasteiger partial charge in [-0.15, -0.1) is 0 Å². The molecular weight excluding hydrogens is 303 g/mol. The number of rotatable bonds is 2. The Morgan fingerprint density at radius 1 is 1.33 bits per heavy atom. The molecule has 9 heavy (non-hydrogen) atoms. The summed E-state index contributed by atoms with van der Waals surface area (Å²) < 4.78 is -1.44. The maximum absolute atomic E-state index is 10.3. The summed E-state index contributed by atoms with van der Waals surface area (Å²) in [7, 11) is 0. The van der Waals surface area contributed by atoms with Crippen LogP contribution in [0.25, 0.3) is 0 Å². The van der Waals surface area contributed by atoms with Gasteiger partial charge in [-0.2, -0.15) is 0 Å². The Balaban J connectivity index is 4.38. The van der Waals surface area contributed by atoms with Gasteiger partial charge in [-0.1, -0.05) is 15.9 Å². The van der Waals surface area contributed by atoms with Crippen LogP contribution >= 0.6 is 38.5 Å². The summed E-state index contributed by atoms with van der Waals surface area (Å²) in [5.74, 6) is -1.59. The second-order valence-corrected chi connectivity index (χ2v) is 5.59. The Kier molecular flexibility index (Phi) is 2.87. The number of hydrogen-bond donors (Lipinski definition) is 2. The molecule has 0 aliphatic carbocycles. The Morgan fingerprint density at radius 2 is 1.56 bits per heavy atom. The maximum atomic E-state index is 10.3. The van der Waals surface area contributed by atoms with E-state index in [1.165, 1.54) is 22.6 Å².